The van der Waals surface area contributed by atoms with Gasteiger partial charge >= 0.3 is 0 Å². The minimum atomic E-state index is 0.593. The van der Waals surface area contributed by atoms with E-state index < -0.39 is 0 Å². The molecule has 0 aliphatic carbocycles. The highest BCUT2D eigenvalue weighted by molar-refractivity contribution is 5.92. The van der Waals surface area contributed by atoms with Gasteiger partial charge in [0, 0.05) is 22.6 Å². The standard InChI is InChI=1S/C16H17N3O/c1-2-4-16-12(3-1)13(10-20-16)15-9-14(18-19-15)11-5-7-17-8-6-11/h1-4,9-11,17H,5-8H2,(H,18,19). The molecule has 0 unspecified atom stereocenters. The van der Waals surface area contributed by atoms with E-state index in [4.69, 9.17) is 4.42 Å². The quantitative estimate of drug-likeness (QED) is 0.749. The van der Waals surface area contributed by atoms with Crippen LogP contribution in [0.2, 0.25) is 0 Å². The number of aromatic amines is 1. The van der Waals surface area contributed by atoms with Crippen LogP contribution in [-0.2, 0) is 0 Å². The summed E-state index contributed by atoms with van der Waals surface area (Å²) < 4.78 is 5.59. The highest BCUT2D eigenvalue weighted by Gasteiger charge is 2.18. The number of H-pyrrole nitrogens is 1. The smallest absolute Gasteiger partial charge is 0.134 e. The molecule has 4 nitrogen and oxygen atoms in total. The van der Waals surface area contributed by atoms with Crippen molar-refractivity contribution in [2.24, 2.45) is 0 Å². The predicted octanol–water partition coefficient (Wildman–Crippen LogP) is 3.29. The largest absolute Gasteiger partial charge is 0.464 e. The zero-order valence-corrected chi connectivity index (χ0v) is 11.2. The molecule has 20 heavy (non-hydrogen) atoms. The molecule has 2 N–H and O–H groups in total. The summed E-state index contributed by atoms with van der Waals surface area (Å²) in [4.78, 5) is 0. The van der Waals surface area contributed by atoms with Crippen LogP contribution in [0.3, 0.4) is 0 Å². The summed E-state index contributed by atoms with van der Waals surface area (Å²) in [6.07, 6.45) is 4.15. The Morgan fingerprint density at radius 2 is 2.00 bits per heavy atom. The summed E-state index contributed by atoms with van der Waals surface area (Å²) in [7, 11) is 0. The van der Waals surface area contributed by atoms with Crippen molar-refractivity contribution in [2.45, 2.75) is 18.8 Å². The number of piperidine rings is 1. The Hall–Kier alpha value is -2.07. The Morgan fingerprint density at radius 1 is 1.15 bits per heavy atom. The van der Waals surface area contributed by atoms with Gasteiger partial charge in [-0.15, -0.1) is 0 Å². The Kier molecular flexibility index (Phi) is 2.81. The lowest BCUT2D eigenvalue weighted by atomic mass is 9.94. The van der Waals surface area contributed by atoms with E-state index in [1.165, 1.54) is 18.5 Å². The summed E-state index contributed by atoms with van der Waals surface area (Å²) in [6, 6.07) is 10.3. The van der Waals surface area contributed by atoms with E-state index in [-0.39, 0.29) is 0 Å². The summed E-state index contributed by atoms with van der Waals surface area (Å²) in [5, 5.41) is 12.2. The summed E-state index contributed by atoms with van der Waals surface area (Å²) in [5.41, 5.74) is 4.20. The van der Waals surface area contributed by atoms with Crippen molar-refractivity contribution < 1.29 is 4.42 Å². The molecular weight excluding hydrogens is 250 g/mol. The molecule has 4 heteroatoms. The maximum absolute atomic E-state index is 5.59. The van der Waals surface area contributed by atoms with Crippen molar-refractivity contribution in [1.29, 1.82) is 0 Å². The molecule has 1 aromatic carbocycles. The van der Waals surface area contributed by atoms with Crippen LogP contribution in [0.4, 0.5) is 0 Å². The number of hydrogen-bond donors (Lipinski definition) is 2. The van der Waals surface area contributed by atoms with E-state index in [1.807, 2.05) is 18.2 Å². The predicted molar refractivity (Wildman–Crippen MR) is 78.6 cm³/mol. The van der Waals surface area contributed by atoms with Crippen molar-refractivity contribution in [2.75, 3.05) is 13.1 Å². The fraction of sp³-hybridized carbons (Fsp3) is 0.312. The second-order valence-corrected chi connectivity index (χ2v) is 5.38. The Labute approximate surface area is 117 Å². The van der Waals surface area contributed by atoms with Crippen LogP contribution in [0.5, 0.6) is 0 Å². The first kappa shape index (κ1) is 11.7. The lowest BCUT2D eigenvalue weighted by Crippen LogP contribution is -2.26. The van der Waals surface area contributed by atoms with Crippen molar-refractivity contribution in [3.63, 3.8) is 0 Å². The fourth-order valence-corrected chi connectivity index (χ4v) is 2.99. The van der Waals surface area contributed by atoms with Crippen molar-refractivity contribution in [1.82, 2.24) is 15.5 Å². The minimum absolute atomic E-state index is 0.593. The van der Waals surface area contributed by atoms with Crippen LogP contribution in [0.15, 0.2) is 41.0 Å². The van der Waals surface area contributed by atoms with Gasteiger partial charge in [0.1, 0.15) is 11.8 Å². The van der Waals surface area contributed by atoms with E-state index in [0.717, 1.165) is 35.3 Å². The Balaban J connectivity index is 1.70. The maximum atomic E-state index is 5.59. The van der Waals surface area contributed by atoms with Gasteiger partial charge < -0.3 is 9.73 Å². The molecule has 1 saturated heterocycles. The van der Waals surface area contributed by atoms with E-state index in [2.05, 4.69) is 27.6 Å². The summed E-state index contributed by atoms with van der Waals surface area (Å²) in [6.45, 7) is 2.18. The molecular formula is C16H17N3O. The van der Waals surface area contributed by atoms with Gasteiger partial charge in [-0.3, -0.25) is 5.10 Å². The lowest BCUT2D eigenvalue weighted by molar-refractivity contribution is 0.453. The summed E-state index contributed by atoms with van der Waals surface area (Å²) in [5.74, 6) is 0.593. The third-order valence-corrected chi connectivity index (χ3v) is 4.13. The molecule has 1 aliphatic rings. The zero-order valence-electron chi connectivity index (χ0n) is 11.2. The molecule has 2 aromatic heterocycles. The Bertz CT molecular complexity index is 722. The number of rotatable bonds is 2. The molecule has 102 valence electrons. The number of fused-ring (bicyclic) bond motifs is 1. The normalized spacial score (nSPS) is 16.8. The topological polar surface area (TPSA) is 53.9 Å². The third kappa shape index (κ3) is 1.93. The first-order chi connectivity index (χ1) is 9.92. The molecule has 0 saturated carbocycles. The van der Waals surface area contributed by atoms with Crippen LogP contribution in [0.1, 0.15) is 24.5 Å². The SMILES string of the molecule is c1ccc2c(-c3cc(C4CCNCC4)[nH]n3)coc2c1. The number of benzene rings is 1. The van der Waals surface area contributed by atoms with Crippen molar-refractivity contribution in [3.05, 3.63) is 42.3 Å². The monoisotopic (exact) mass is 267 g/mol. The van der Waals surface area contributed by atoms with E-state index >= 15 is 0 Å². The van der Waals surface area contributed by atoms with Crippen LogP contribution in [0.25, 0.3) is 22.2 Å². The van der Waals surface area contributed by atoms with Gasteiger partial charge in [-0.1, -0.05) is 18.2 Å². The van der Waals surface area contributed by atoms with Gasteiger partial charge in [-0.25, -0.2) is 0 Å². The number of furan rings is 1. The number of hydrogen-bond acceptors (Lipinski definition) is 3. The zero-order chi connectivity index (χ0) is 13.4. The number of aromatic nitrogens is 2. The Morgan fingerprint density at radius 3 is 2.90 bits per heavy atom. The lowest BCUT2D eigenvalue weighted by Gasteiger charge is -2.20. The number of para-hydroxylation sites is 1. The van der Waals surface area contributed by atoms with Gasteiger partial charge in [0.2, 0.25) is 0 Å². The average molecular weight is 267 g/mol. The minimum Gasteiger partial charge on any atom is -0.464 e. The second-order valence-electron chi connectivity index (χ2n) is 5.38. The van der Waals surface area contributed by atoms with E-state index in [0.29, 0.717) is 5.92 Å². The first-order valence-electron chi connectivity index (χ1n) is 7.14. The maximum Gasteiger partial charge on any atom is 0.134 e. The molecule has 0 atom stereocenters. The highest BCUT2D eigenvalue weighted by Crippen LogP contribution is 2.32. The molecule has 0 bridgehead atoms. The van der Waals surface area contributed by atoms with Gasteiger partial charge in [-0.05, 0) is 38.1 Å². The molecule has 3 heterocycles. The second kappa shape index (κ2) is 4.80. The van der Waals surface area contributed by atoms with Crippen molar-refractivity contribution in [3.8, 4) is 11.3 Å². The van der Waals surface area contributed by atoms with Crippen LogP contribution in [-0.4, -0.2) is 23.3 Å². The third-order valence-electron chi connectivity index (χ3n) is 4.13. The van der Waals surface area contributed by atoms with Crippen molar-refractivity contribution >= 4 is 11.0 Å². The molecule has 4 rings (SSSR count). The summed E-state index contributed by atoms with van der Waals surface area (Å²) >= 11 is 0. The van der Waals surface area contributed by atoms with Gasteiger partial charge in [0.05, 0.1) is 5.69 Å². The van der Waals surface area contributed by atoms with E-state index in [9.17, 15) is 0 Å². The van der Waals surface area contributed by atoms with Crippen LogP contribution in [0, 0.1) is 0 Å². The molecule has 1 aliphatic heterocycles. The first-order valence-corrected chi connectivity index (χ1v) is 7.14. The molecule has 0 amide bonds. The average Bonchev–Trinajstić information content (AvgIpc) is 3.14. The van der Waals surface area contributed by atoms with Crippen LogP contribution < -0.4 is 5.32 Å². The van der Waals surface area contributed by atoms with Gasteiger partial charge in [0.25, 0.3) is 0 Å². The number of nitrogens with one attached hydrogen (secondary N) is 2. The molecule has 3 aromatic rings. The molecule has 1 fully saturated rings. The highest BCUT2D eigenvalue weighted by atomic mass is 16.3. The van der Waals surface area contributed by atoms with Gasteiger partial charge in [-0.2, -0.15) is 5.10 Å². The molecule has 0 radical (unpaired) electrons. The van der Waals surface area contributed by atoms with Gasteiger partial charge in [0.15, 0.2) is 0 Å². The van der Waals surface area contributed by atoms with E-state index in [1.54, 1.807) is 6.26 Å². The number of nitrogens with zero attached hydrogens (tertiary/aromatic N) is 1. The van der Waals surface area contributed by atoms with Crippen LogP contribution >= 0.6 is 0 Å². The molecule has 0 spiro atoms. The fourth-order valence-electron chi connectivity index (χ4n) is 2.99.